The molecule has 12 nitrogen and oxygen atoms in total. The van der Waals surface area contributed by atoms with Crippen LogP contribution in [0.5, 0.6) is 0 Å². The molecule has 13 heteroatoms. The monoisotopic (exact) mass is 544 g/mol. The second-order valence-electron chi connectivity index (χ2n) is 10.4. The van der Waals surface area contributed by atoms with Crippen molar-refractivity contribution in [3.63, 3.8) is 0 Å². The Morgan fingerprint density at radius 3 is 2.70 bits per heavy atom. The van der Waals surface area contributed by atoms with Gasteiger partial charge in [-0.15, -0.1) is 14.8 Å². The van der Waals surface area contributed by atoms with E-state index in [0.29, 0.717) is 53.8 Å². The summed E-state index contributed by atoms with van der Waals surface area (Å²) in [6.07, 6.45) is 4.45. The summed E-state index contributed by atoms with van der Waals surface area (Å²) in [6, 6.07) is 8.89. The normalized spacial score (nSPS) is 19.8. The molecule has 0 atom stereocenters. The maximum atomic E-state index is 15.7. The highest BCUT2D eigenvalue weighted by atomic mass is 19.1. The molecule has 0 unspecified atom stereocenters. The minimum atomic E-state index is -0.383. The third kappa shape index (κ3) is 3.65. The Morgan fingerprint density at radius 1 is 1.10 bits per heavy atom. The van der Waals surface area contributed by atoms with Gasteiger partial charge in [0, 0.05) is 42.2 Å². The molecular formula is C27H27FN9O3+. The first-order valence-corrected chi connectivity index (χ1v) is 13.1. The number of methoxy groups -OCH3 is 1. The van der Waals surface area contributed by atoms with Crippen molar-refractivity contribution >= 4 is 39.4 Å². The Balaban J connectivity index is 1.37. The van der Waals surface area contributed by atoms with Crippen LogP contribution >= 0.6 is 0 Å². The standard InChI is InChI=1S/C27H26FN9O3/c1-16(38)37-8-6-17(7-9-37)27-26-19(20-11-23-18(10-21(20)28)12-30-36(23)37)4-3-5-22(26)34(33-27)14-25(39)31-24-13-29-35(32-24)15-40-2/h3-5,10-13,17H,6-9,14-15H2,1-2H3/p+1. The van der Waals surface area contributed by atoms with E-state index in [2.05, 4.69) is 20.6 Å². The molecule has 0 spiro atoms. The number of hydrogen-bond acceptors (Lipinski definition) is 7. The molecule has 3 aliphatic rings. The van der Waals surface area contributed by atoms with Gasteiger partial charge in [0.05, 0.1) is 30.5 Å². The van der Waals surface area contributed by atoms with E-state index >= 15 is 4.39 Å². The largest absolute Gasteiger partial charge is 0.361 e. The molecule has 4 bridgehead atoms. The average Bonchev–Trinajstić information content (AvgIpc) is 3.65. The van der Waals surface area contributed by atoms with Gasteiger partial charge in [-0.2, -0.15) is 15.0 Å². The lowest BCUT2D eigenvalue weighted by Gasteiger charge is -2.39. The number of carbonyl (C=O) groups is 2. The molecule has 3 aromatic heterocycles. The summed E-state index contributed by atoms with van der Waals surface area (Å²) in [5, 5.41) is 22.0. The van der Waals surface area contributed by atoms with Gasteiger partial charge < -0.3 is 10.1 Å². The van der Waals surface area contributed by atoms with Crippen LogP contribution in [0.3, 0.4) is 0 Å². The Hall–Kier alpha value is -4.49. The zero-order valence-corrected chi connectivity index (χ0v) is 22.0. The van der Waals surface area contributed by atoms with Crippen LogP contribution in [0.15, 0.2) is 42.7 Å². The highest BCUT2D eigenvalue weighted by Crippen LogP contribution is 2.42. The van der Waals surface area contributed by atoms with Crippen molar-refractivity contribution in [2.45, 2.75) is 39.0 Å². The Bertz CT molecular complexity index is 1810. The number of piperidine rings is 1. The maximum absolute atomic E-state index is 15.7. The van der Waals surface area contributed by atoms with Gasteiger partial charge in [-0.1, -0.05) is 16.9 Å². The summed E-state index contributed by atoms with van der Waals surface area (Å²) < 4.78 is 22.4. The topological polar surface area (TPSA) is 122 Å². The van der Waals surface area contributed by atoms with Crippen molar-refractivity contribution in [3.8, 4) is 11.1 Å². The number of amides is 2. The summed E-state index contributed by atoms with van der Waals surface area (Å²) in [4.78, 5) is 29.2. The van der Waals surface area contributed by atoms with E-state index in [0.717, 1.165) is 16.6 Å². The van der Waals surface area contributed by atoms with Crippen LogP contribution in [-0.2, 0) is 27.6 Å². The number of carbonyl (C=O) groups excluding carboxylic acids is 2. The summed E-state index contributed by atoms with van der Waals surface area (Å²) >= 11 is 0. The first kappa shape index (κ1) is 24.5. The fraction of sp³-hybridized carbons (Fsp3) is 0.333. The SMILES string of the molecule is COCn1ncc(NC(=O)Cn2nc3c4c(cccc42)-c2cc4c(cnn4[N+]4(C(C)=O)CCC3CC4)cc2F)n1. The first-order chi connectivity index (χ1) is 19.4. The Kier molecular flexibility index (Phi) is 5.54. The Morgan fingerprint density at radius 2 is 1.93 bits per heavy atom. The number of benzene rings is 2. The third-order valence-corrected chi connectivity index (χ3v) is 8.11. The summed E-state index contributed by atoms with van der Waals surface area (Å²) in [7, 11) is 1.53. The predicted octanol–water partition coefficient (Wildman–Crippen LogP) is 2.90. The molecule has 2 amide bonds. The van der Waals surface area contributed by atoms with Gasteiger partial charge >= 0.3 is 5.91 Å². The van der Waals surface area contributed by atoms with Crippen molar-refractivity contribution < 1.29 is 18.7 Å². The summed E-state index contributed by atoms with van der Waals surface area (Å²) in [5.41, 5.74) is 3.35. The fourth-order valence-electron chi connectivity index (χ4n) is 6.19. The molecule has 1 saturated heterocycles. The average molecular weight is 545 g/mol. The van der Waals surface area contributed by atoms with Gasteiger partial charge in [0.15, 0.2) is 12.5 Å². The van der Waals surface area contributed by atoms with E-state index in [4.69, 9.17) is 9.84 Å². The summed E-state index contributed by atoms with van der Waals surface area (Å²) in [5.74, 6) is -0.386. The molecule has 2 aromatic carbocycles. The van der Waals surface area contributed by atoms with Gasteiger partial charge in [0.1, 0.15) is 31.0 Å². The van der Waals surface area contributed by atoms with Crippen molar-refractivity contribution in [3.05, 3.63) is 54.2 Å². The van der Waals surface area contributed by atoms with Gasteiger partial charge in [-0.3, -0.25) is 9.48 Å². The number of nitrogens with zero attached hydrogens (tertiary/aromatic N) is 8. The van der Waals surface area contributed by atoms with Crippen molar-refractivity contribution in [2.75, 3.05) is 25.5 Å². The maximum Gasteiger partial charge on any atom is 0.336 e. The van der Waals surface area contributed by atoms with Gasteiger partial charge in [-0.25, -0.2) is 9.18 Å². The number of fused-ring (bicyclic) bond motifs is 2. The third-order valence-electron chi connectivity index (χ3n) is 8.11. The number of hydrogen-bond donors (Lipinski definition) is 1. The lowest BCUT2D eigenvalue weighted by Crippen LogP contribution is -2.65. The quantitative estimate of drug-likeness (QED) is 0.338. The zero-order chi connectivity index (χ0) is 27.6. The van der Waals surface area contributed by atoms with Crippen molar-refractivity contribution in [2.24, 2.45) is 0 Å². The zero-order valence-electron chi connectivity index (χ0n) is 22.0. The van der Waals surface area contributed by atoms with E-state index in [1.165, 1.54) is 24.2 Å². The van der Waals surface area contributed by atoms with Crippen molar-refractivity contribution in [1.29, 1.82) is 0 Å². The van der Waals surface area contributed by atoms with Gasteiger partial charge in [0.25, 0.3) is 0 Å². The number of halogens is 1. The lowest BCUT2D eigenvalue weighted by molar-refractivity contribution is -0.137. The molecule has 0 radical (unpaired) electrons. The number of anilines is 1. The van der Waals surface area contributed by atoms with E-state index in [1.807, 2.05) is 18.2 Å². The van der Waals surface area contributed by atoms with E-state index in [9.17, 15) is 9.59 Å². The minimum absolute atomic E-state index is 0.0131. The molecule has 6 heterocycles. The van der Waals surface area contributed by atoms with E-state index in [1.54, 1.807) is 28.7 Å². The molecule has 3 aliphatic heterocycles. The van der Waals surface area contributed by atoms with Crippen LogP contribution in [0, 0.1) is 5.82 Å². The van der Waals surface area contributed by atoms with Crippen LogP contribution in [0.2, 0.25) is 0 Å². The second kappa shape index (κ2) is 9.03. The van der Waals surface area contributed by atoms with Crippen LogP contribution < -0.4 is 9.91 Å². The predicted molar refractivity (Wildman–Crippen MR) is 144 cm³/mol. The molecule has 40 heavy (non-hydrogen) atoms. The van der Waals surface area contributed by atoms with Gasteiger partial charge in [0.2, 0.25) is 5.91 Å². The number of ether oxygens (including phenoxy) is 1. The molecule has 0 saturated carbocycles. The highest BCUT2D eigenvalue weighted by Gasteiger charge is 2.44. The lowest BCUT2D eigenvalue weighted by atomic mass is 9.88. The molecule has 1 fully saturated rings. The smallest absolute Gasteiger partial charge is 0.336 e. The van der Waals surface area contributed by atoms with Crippen LogP contribution in [0.4, 0.5) is 10.2 Å². The number of nitrogens with one attached hydrogen (secondary N) is 1. The molecule has 1 N–H and O–H groups in total. The van der Waals surface area contributed by atoms with E-state index in [-0.39, 0.29) is 41.4 Å². The molecule has 204 valence electrons. The molecule has 0 aliphatic carbocycles. The number of aromatic nitrogens is 7. The van der Waals surface area contributed by atoms with Crippen LogP contribution in [0.25, 0.3) is 32.9 Å². The molecule has 8 rings (SSSR count). The van der Waals surface area contributed by atoms with E-state index < -0.39 is 0 Å². The Labute approximate surface area is 227 Å². The van der Waals surface area contributed by atoms with Crippen LogP contribution in [0.1, 0.15) is 31.4 Å². The molecular weight excluding hydrogens is 517 g/mol. The van der Waals surface area contributed by atoms with Crippen molar-refractivity contribution in [1.82, 2.24) is 39.3 Å². The summed E-state index contributed by atoms with van der Waals surface area (Å²) in [6.45, 7) is 2.77. The first-order valence-electron chi connectivity index (χ1n) is 13.1. The minimum Gasteiger partial charge on any atom is -0.361 e. The highest BCUT2D eigenvalue weighted by molar-refractivity contribution is 6.00. The van der Waals surface area contributed by atoms with Crippen LogP contribution in [-0.4, -0.2) is 66.7 Å². The van der Waals surface area contributed by atoms with Gasteiger partial charge in [-0.05, 0) is 23.8 Å². The second-order valence-corrected chi connectivity index (χ2v) is 10.4. The number of quaternary nitrogens is 1. The molecule has 5 aromatic rings. The fourth-order valence-corrected chi connectivity index (χ4v) is 6.19. The number of rotatable bonds is 5.